The lowest BCUT2D eigenvalue weighted by molar-refractivity contribution is -0.00591. The highest BCUT2D eigenvalue weighted by Crippen LogP contribution is 2.37. The normalized spacial score (nSPS) is 27.7. The number of fused-ring (bicyclic) bond motifs is 1. The fourth-order valence-electron chi connectivity index (χ4n) is 3.67. The summed E-state index contributed by atoms with van der Waals surface area (Å²) >= 11 is 0. The van der Waals surface area contributed by atoms with Gasteiger partial charge in [0.15, 0.2) is 0 Å². The maximum absolute atomic E-state index is 12.7. The van der Waals surface area contributed by atoms with E-state index in [0.29, 0.717) is 18.8 Å². The first-order valence-corrected chi connectivity index (χ1v) is 8.96. The van der Waals surface area contributed by atoms with Crippen molar-refractivity contribution in [1.82, 2.24) is 4.90 Å². The maximum Gasteiger partial charge on any atom is 0.414 e. The minimum Gasteiger partial charge on any atom is -0.443 e. The Kier molecular flexibility index (Phi) is 5.04. The molecule has 0 saturated carbocycles. The number of anilines is 1. The van der Waals surface area contributed by atoms with Crippen LogP contribution in [0.5, 0.6) is 0 Å². The van der Waals surface area contributed by atoms with Crippen molar-refractivity contribution in [3.8, 4) is 0 Å². The number of amides is 1. The van der Waals surface area contributed by atoms with Gasteiger partial charge in [0.25, 0.3) is 0 Å². The highest BCUT2D eigenvalue weighted by Gasteiger charge is 2.40. The van der Waals surface area contributed by atoms with E-state index in [9.17, 15) is 15.0 Å². The van der Waals surface area contributed by atoms with E-state index in [4.69, 9.17) is 4.74 Å². The van der Waals surface area contributed by atoms with Crippen molar-refractivity contribution in [2.24, 2.45) is 0 Å². The molecular formula is C19H28N2O4. The Morgan fingerprint density at radius 3 is 2.60 bits per heavy atom. The second kappa shape index (κ2) is 6.94. The first kappa shape index (κ1) is 18.2. The van der Waals surface area contributed by atoms with Crippen LogP contribution in [-0.4, -0.2) is 58.6 Å². The third-order valence-electron chi connectivity index (χ3n) is 4.79. The SMILES string of the molecule is CC(C)(C)OC(=O)N1CC(N2CCCC(O)C2)C(O)c2ccccc21. The molecule has 6 heteroatoms. The molecule has 0 bridgehead atoms. The van der Waals surface area contributed by atoms with E-state index in [1.54, 1.807) is 4.90 Å². The predicted molar refractivity (Wildman–Crippen MR) is 95.6 cm³/mol. The fourth-order valence-corrected chi connectivity index (χ4v) is 3.67. The van der Waals surface area contributed by atoms with Crippen LogP contribution in [0.2, 0.25) is 0 Å². The van der Waals surface area contributed by atoms with E-state index < -0.39 is 17.8 Å². The summed E-state index contributed by atoms with van der Waals surface area (Å²) in [5.74, 6) is 0. The molecular weight excluding hydrogens is 320 g/mol. The molecule has 2 heterocycles. The first-order chi connectivity index (χ1) is 11.8. The lowest BCUT2D eigenvalue weighted by Crippen LogP contribution is -2.56. The molecule has 2 aliphatic heterocycles. The molecule has 1 saturated heterocycles. The van der Waals surface area contributed by atoms with E-state index in [1.165, 1.54) is 0 Å². The second-order valence-electron chi connectivity index (χ2n) is 7.95. The number of hydrogen-bond acceptors (Lipinski definition) is 5. The van der Waals surface area contributed by atoms with Gasteiger partial charge in [-0.3, -0.25) is 9.80 Å². The van der Waals surface area contributed by atoms with E-state index in [2.05, 4.69) is 4.90 Å². The number of β-amino-alcohol motifs (C(OH)–C–C–N with tert-alkyl or cyclic N) is 1. The van der Waals surface area contributed by atoms with Crippen LogP contribution in [0.15, 0.2) is 24.3 Å². The van der Waals surface area contributed by atoms with Crippen LogP contribution >= 0.6 is 0 Å². The molecule has 138 valence electrons. The summed E-state index contributed by atoms with van der Waals surface area (Å²) < 4.78 is 5.56. The van der Waals surface area contributed by atoms with Crippen molar-refractivity contribution in [2.75, 3.05) is 24.5 Å². The molecule has 1 aromatic rings. The number of ether oxygens (including phenoxy) is 1. The Bertz CT molecular complexity index is 628. The number of benzene rings is 1. The van der Waals surface area contributed by atoms with E-state index >= 15 is 0 Å². The van der Waals surface area contributed by atoms with Crippen molar-refractivity contribution in [3.05, 3.63) is 29.8 Å². The van der Waals surface area contributed by atoms with Crippen molar-refractivity contribution in [2.45, 2.75) is 57.5 Å². The zero-order chi connectivity index (χ0) is 18.2. The number of aliphatic hydroxyl groups is 2. The van der Waals surface area contributed by atoms with Crippen molar-refractivity contribution < 1.29 is 19.7 Å². The van der Waals surface area contributed by atoms with Gasteiger partial charge in [-0.25, -0.2) is 4.79 Å². The van der Waals surface area contributed by atoms with Crippen LogP contribution in [0.1, 0.15) is 45.3 Å². The molecule has 1 aromatic carbocycles. The van der Waals surface area contributed by atoms with Gasteiger partial charge in [-0.15, -0.1) is 0 Å². The van der Waals surface area contributed by atoms with Crippen molar-refractivity contribution in [1.29, 1.82) is 0 Å². The maximum atomic E-state index is 12.7. The number of carbonyl (C=O) groups excluding carboxylic acids is 1. The highest BCUT2D eigenvalue weighted by atomic mass is 16.6. The molecule has 2 aliphatic rings. The summed E-state index contributed by atoms with van der Waals surface area (Å²) in [6.07, 6.45) is 0.187. The third kappa shape index (κ3) is 3.97. The van der Waals surface area contributed by atoms with Crippen molar-refractivity contribution >= 4 is 11.8 Å². The summed E-state index contributed by atoms with van der Waals surface area (Å²) in [7, 11) is 0. The van der Waals surface area contributed by atoms with Gasteiger partial charge in [0.1, 0.15) is 5.60 Å². The molecule has 3 atom stereocenters. The predicted octanol–water partition coefficient (Wildman–Crippen LogP) is 2.30. The molecule has 1 fully saturated rings. The Morgan fingerprint density at radius 1 is 1.20 bits per heavy atom. The van der Waals surface area contributed by atoms with Crippen molar-refractivity contribution in [3.63, 3.8) is 0 Å². The van der Waals surface area contributed by atoms with E-state index in [-0.39, 0.29) is 12.1 Å². The van der Waals surface area contributed by atoms with Crippen LogP contribution in [-0.2, 0) is 4.74 Å². The Morgan fingerprint density at radius 2 is 1.92 bits per heavy atom. The summed E-state index contributed by atoms with van der Waals surface area (Å²) in [6.45, 7) is 7.20. The molecule has 0 aromatic heterocycles. The summed E-state index contributed by atoms with van der Waals surface area (Å²) in [5, 5.41) is 20.9. The van der Waals surface area contributed by atoms with Crippen LogP contribution in [0, 0.1) is 0 Å². The topological polar surface area (TPSA) is 73.2 Å². The molecule has 0 aliphatic carbocycles. The lowest BCUT2D eigenvalue weighted by atomic mass is 9.92. The highest BCUT2D eigenvalue weighted by molar-refractivity contribution is 5.90. The Hall–Kier alpha value is -1.63. The number of para-hydroxylation sites is 1. The summed E-state index contributed by atoms with van der Waals surface area (Å²) in [4.78, 5) is 16.4. The summed E-state index contributed by atoms with van der Waals surface area (Å²) in [5.41, 5.74) is 0.835. The third-order valence-corrected chi connectivity index (χ3v) is 4.79. The molecule has 0 spiro atoms. The quantitative estimate of drug-likeness (QED) is 0.815. The van der Waals surface area contributed by atoms with Gasteiger partial charge in [0.05, 0.1) is 23.9 Å². The number of carbonyl (C=O) groups is 1. The number of hydrogen-bond donors (Lipinski definition) is 2. The zero-order valence-electron chi connectivity index (χ0n) is 15.2. The largest absolute Gasteiger partial charge is 0.443 e. The van der Waals surface area contributed by atoms with Gasteiger partial charge in [-0.05, 0) is 46.2 Å². The van der Waals surface area contributed by atoms with Crippen LogP contribution < -0.4 is 4.90 Å². The minimum atomic E-state index is -0.694. The van der Waals surface area contributed by atoms with Gasteiger partial charge in [0.2, 0.25) is 0 Å². The van der Waals surface area contributed by atoms with E-state index in [1.807, 2.05) is 45.0 Å². The molecule has 2 N–H and O–H groups in total. The second-order valence-corrected chi connectivity index (χ2v) is 7.95. The summed E-state index contributed by atoms with van der Waals surface area (Å²) in [6, 6.07) is 7.15. The molecule has 0 radical (unpaired) electrons. The van der Waals surface area contributed by atoms with Gasteiger partial charge in [0, 0.05) is 18.7 Å². The van der Waals surface area contributed by atoms with Gasteiger partial charge < -0.3 is 14.9 Å². The Balaban J connectivity index is 1.90. The first-order valence-electron chi connectivity index (χ1n) is 8.96. The molecule has 3 rings (SSSR count). The van der Waals surface area contributed by atoms with Gasteiger partial charge in [-0.1, -0.05) is 18.2 Å². The fraction of sp³-hybridized carbons (Fsp3) is 0.632. The number of likely N-dealkylation sites (tertiary alicyclic amines) is 1. The Labute approximate surface area is 149 Å². The molecule has 6 nitrogen and oxygen atoms in total. The number of nitrogens with zero attached hydrogens (tertiary/aromatic N) is 2. The lowest BCUT2D eigenvalue weighted by Gasteiger charge is -2.45. The van der Waals surface area contributed by atoms with Gasteiger partial charge in [-0.2, -0.15) is 0 Å². The minimum absolute atomic E-state index is 0.252. The van der Waals surface area contributed by atoms with Crippen LogP contribution in [0.25, 0.3) is 0 Å². The standard InChI is InChI=1S/C19H28N2O4/c1-19(2,3)25-18(24)21-12-16(20-10-6-7-13(22)11-20)17(23)14-8-4-5-9-15(14)21/h4-5,8-9,13,16-17,22-23H,6-7,10-12H2,1-3H3. The van der Waals surface area contributed by atoms with E-state index in [0.717, 1.165) is 24.9 Å². The molecule has 3 unspecified atom stereocenters. The molecule has 25 heavy (non-hydrogen) atoms. The smallest absolute Gasteiger partial charge is 0.414 e. The average molecular weight is 348 g/mol. The number of rotatable bonds is 1. The molecule has 1 amide bonds. The number of piperidine rings is 1. The monoisotopic (exact) mass is 348 g/mol. The zero-order valence-corrected chi connectivity index (χ0v) is 15.2. The van der Waals surface area contributed by atoms with Crippen LogP contribution in [0.4, 0.5) is 10.5 Å². The number of aliphatic hydroxyl groups excluding tert-OH is 2. The van der Waals surface area contributed by atoms with Gasteiger partial charge >= 0.3 is 6.09 Å². The van der Waals surface area contributed by atoms with Crippen LogP contribution in [0.3, 0.4) is 0 Å². The average Bonchev–Trinajstić information content (AvgIpc) is 2.53.